The number of ether oxygens (including phenoxy) is 1. The van der Waals surface area contributed by atoms with Gasteiger partial charge in [0, 0.05) is 4.47 Å². The highest BCUT2D eigenvalue weighted by Crippen LogP contribution is 2.37. The maximum absolute atomic E-state index is 6.30. The van der Waals surface area contributed by atoms with Crippen LogP contribution in [0.15, 0.2) is 65.1 Å². The van der Waals surface area contributed by atoms with E-state index in [1.807, 2.05) is 6.07 Å². The minimum absolute atomic E-state index is 0.123. The van der Waals surface area contributed by atoms with Gasteiger partial charge in [0.1, 0.15) is 11.9 Å². The molecule has 1 aliphatic heterocycles. The highest BCUT2D eigenvalue weighted by Gasteiger charge is 2.22. The normalized spacial score (nSPS) is 16.2. The van der Waals surface area contributed by atoms with E-state index in [0.29, 0.717) is 0 Å². The summed E-state index contributed by atoms with van der Waals surface area (Å²) in [4.78, 5) is 0. The van der Waals surface area contributed by atoms with Crippen LogP contribution in [0.5, 0.6) is 5.75 Å². The lowest BCUT2D eigenvalue weighted by Gasteiger charge is -2.27. The first-order valence-corrected chi connectivity index (χ1v) is 9.53. The van der Waals surface area contributed by atoms with Crippen molar-refractivity contribution in [3.8, 4) is 16.9 Å². The summed E-state index contributed by atoms with van der Waals surface area (Å²) in [7, 11) is 0. The summed E-state index contributed by atoms with van der Waals surface area (Å²) in [6.45, 7) is 4.36. The highest BCUT2D eigenvalue weighted by molar-refractivity contribution is 9.10. The van der Waals surface area contributed by atoms with Crippen LogP contribution in [0.4, 0.5) is 0 Å². The van der Waals surface area contributed by atoms with Crippen LogP contribution < -0.4 is 4.74 Å². The van der Waals surface area contributed by atoms with Gasteiger partial charge in [0.25, 0.3) is 0 Å². The van der Waals surface area contributed by atoms with Crippen LogP contribution in [0.3, 0.4) is 0 Å². The summed E-state index contributed by atoms with van der Waals surface area (Å²) in [5, 5.41) is 0. The molecule has 0 aliphatic carbocycles. The molecule has 2 heteroatoms. The van der Waals surface area contributed by atoms with Crippen molar-refractivity contribution in [3.05, 3.63) is 87.4 Å². The minimum atomic E-state index is 0.123. The van der Waals surface area contributed by atoms with E-state index in [0.717, 1.165) is 23.1 Å². The van der Waals surface area contributed by atoms with Crippen LogP contribution in [0.25, 0.3) is 11.1 Å². The lowest BCUT2D eigenvalue weighted by atomic mass is 9.92. The monoisotopic (exact) mass is 392 g/mol. The Hall–Kier alpha value is -2.06. The Bertz CT molecular complexity index is 909. The molecule has 3 aromatic rings. The molecule has 0 unspecified atom stereocenters. The van der Waals surface area contributed by atoms with E-state index < -0.39 is 0 Å². The van der Waals surface area contributed by atoms with Crippen LogP contribution >= 0.6 is 15.9 Å². The fourth-order valence-electron chi connectivity index (χ4n) is 3.76. The number of aryl methyl sites for hydroxylation is 3. The maximum atomic E-state index is 6.30. The quantitative estimate of drug-likeness (QED) is 0.465. The summed E-state index contributed by atoms with van der Waals surface area (Å²) in [5.41, 5.74) is 7.79. The van der Waals surface area contributed by atoms with Gasteiger partial charge >= 0.3 is 0 Å². The van der Waals surface area contributed by atoms with E-state index in [4.69, 9.17) is 4.74 Å². The van der Waals surface area contributed by atoms with E-state index in [9.17, 15) is 0 Å². The van der Waals surface area contributed by atoms with Crippen LogP contribution in [-0.4, -0.2) is 0 Å². The fraction of sp³-hybridized carbons (Fsp3) is 0.217. The third-order valence-electron chi connectivity index (χ3n) is 5.00. The summed E-state index contributed by atoms with van der Waals surface area (Å²) >= 11 is 3.54. The van der Waals surface area contributed by atoms with Gasteiger partial charge in [-0.1, -0.05) is 52.3 Å². The summed E-state index contributed by atoms with van der Waals surface area (Å²) in [6, 6.07) is 21.6. The van der Waals surface area contributed by atoms with Crippen molar-refractivity contribution in [2.24, 2.45) is 0 Å². The van der Waals surface area contributed by atoms with Gasteiger partial charge in [0.15, 0.2) is 0 Å². The highest BCUT2D eigenvalue weighted by atomic mass is 79.9. The van der Waals surface area contributed by atoms with Gasteiger partial charge in [-0.3, -0.25) is 0 Å². The second-order valence-corrected chi connectivity index (χ2v) is 7.71. The molecule has 0 fully saturated rings. The molecule has 4 rings (SSSR count). The van der Waals surface area contributed by atoms with Gasteiger partial charge < -0.3 is 4.74 Å². The molecule has 0 aromatic heterocycles. The van der Waals surface area contributed by atoms with E-state index in [2.05, 4.69) is 84.4 Å². The van der Waals surface area contributed by atoms with E-state index in [1.165, 1.54) is 33.4 Å². The zero-order chi connectivity index (χ0) is 17.4. The van der Waals surface area contributed by atoms with E-state index in [1.54, 1.807) is 0 Å². The first-order valence-electron chi connectivity index (χ1n) is 8.73. The van der Waals surface area contributed by atoms with Crippen molar-refractivity contribution in [3.63, 3.8) is 0 Å². The Balaban J connectivity index is 1.68. The van der Waals surface area contributed by atoms with Gasteiger partial charge in [-0.2, -0.15) is 0 Å². The number of hydrogen-bond donors (Lipinski definition) is 0. The molecule has 0 saturated carbocycles. The first kappa shape index (κ1) is 16.4. The van der Waals surface area contributed by atoms with Crippen LogP contribution in [-0.2, 0) is 6.42 Å². The molecule has 0 spiro atoms. The minimum Gasteiger partial charge on any atom is -0.485 e. The predicted octanol–water partition coefficient (Wildman–Crippen LogP) is 6.80. The molecule has 3 aromatic carbocycles. The Morgan fingerprint density at radius 2 is 1.68 bits per heavy atom. The van der Waals surface area contributed by atoms with Gasteiger partial charge in [0.2, 0.25) is 0 Å². The van der Waals surface area contributed by atoms with Crippen molar-refractivity contribution >= 4 is 15.9 Å². The molecule has 1 atom stereocenters. The zero-order valence-electron chi connectivity index (χ0n) is 14.6. The van der Waals surface area contributed by atoms with Crippen LogP contribution in [0.1, 0.15) is 34.8 Å². The molecule has 0 saturated heterocycles. The van der Waals surface area contributed by atoms with Crippen molar-refractivity contribution < 1.29 is 4.74 Å². The molecule has 126 valence electrons. The molecule has 1 aliphatic rings. The number of fused-ring (bicyclic) bond motifs is 1. The van der Waals surface area contributed by atoms with E-state index in [-0.39, 0.29) is 6.10 Å². The lowest BCUT2D eigenvalue weighted by Crippen LogP contribution is -2.15. The predicted molar refractivity (Wildman–Crippen MR) is 107 cm³/mol. The molecular formula is C23H21BrO. The third kappa shape index (κ3) is 3.23. The molecule has 0 amide bonds. The maximum Gasteiger partial charge on any atom is 0.124 e. The molecule has 1 nitrogen and oxygen atoms in total. The summed E-state index contributed by atoms with van der Waals surface area (Å²) in [6.07, 6.45) is 2.19. The van der Waals surface area contributed by atoms with Crippen molar-refractivity contribution in [2.45, 2.75) is 32.8 Å². The SMILES string of the molecule is Cc1cccc(C)c1-c1cccc([C@@H]2CCc3cc(Br)ccc3O2)c1. The number of hydrogen-bond acceptors (Lipinski definition) is 1. The molecule has 1 heterocycles. The smallest absolute Gasteiger partial charge is 0.124 e. The first-order chi connectivity index (χ1) is 12.1. The Kier molecular flexibility index (Phi) is 4.39. The molecular weight excluding hydrogens is 372 g/mol. The second-order valence-electron chi connectivity index (χ2n) is 6.79. The number of benzene rings is 3. The molecule has 0 N–H and O–H groups in total. The summed E-state index contributed by atoms with van der Waals surface area (Å²) < 4.78 is 7.42. The molecule has 0 radical (unpaired) electrons. The average Bonchev–Trinajstić information content (AvgIpc) is 2.61. The Morgan fingerprint density at radius 3 is 2.48 bits per heavy atom. The fourth-order valence-corrected chi connectivity index (χ4v) is 4.16. The van der Waals surface area contributed by atoms with E-state index >= 15 is 0 Å². The largest absolute Gasteiger partial charge is 0.485 e. The standard InChI is InChI=1S/C23H21BrO/c1-15-5-3-6-16(2)23(15)19-8-4-7-17(13-19)21-11-9-18-14-20(24)10-12-22(18)25-21/h3-8,10,12-14,21H,9,11H2,1-2H3/t21-/m0/s1. The Labute approximate surface area is 157 Å². The Morgan fingerprint density at radius 1 is 0.920 bits per heavy atom. The van der Waals surface area contributed by atoms with Crippen LogP contribution in [0.2, 0.25) is 0 Å². The topological polar surface area (TPSA) is 9.23 Å². The molecule has 0 bridgehead atoms. The lowest BCUT2D eigenvalue weighted by molar-refractivity contribution is 0.176. The number of halogens is 1. The average molecular weight is 393 g/mol. The van der Waals surface area contributed by atoms with Crippen molar-refractivity contribution in [2.75, 3.05) is 0 Å². The molecule has 25 heavy (non-hydrogen) atoms. The van der Waals surface area contributed by atoms with Crippen LogP contribution in [0, 0.1) is 13.8 Å². The zero-order valence-corrected chi connectivity index (χ0v) is 16.1. The van der Waals surface area contributed by atoms with Gasteiger partial charge in [-0.15, -0.1) is 0 Å². The van der Waals surface area contributed by atoms with Gasteiger partial charge in [-0.25, -0.2) is 0 Å². The van der Waals surface area contributed by atoms with Crippen molar-refractivity contribution in [1.29, 1.82) is 0 Å². The van der Waals surface area contributed by atoms with Gasteiger partial charge in [0.05, 0.1) is 0 Å². The number of rotatable bonds is 2. The third-order valence-corrected chi connectivity index (χ3v) is 5.49. The van der Waals surface area contributed by atoms with Gasteiger partial charge in [-0.05, 0) is 84.3 Å². The summed E-state index contributed by atoms with van der Waals surface area (Å²) in [5.74, 6) is 1.01. The van der Waals surface area contributed by atoms with Crippen molar-refractivity contribution in [1.82, 2.24) is 0 Å². The second kappa shape index (κ2) is 6.68.